The van der Waals surface area contributed by atoms with Gasteiger partial charge in [0.2, 0.25) is 0 Å². The Bertz CT molecular complexity index is 825. The first kappa shape index (κ1) is 17.5. The van der Waals surface area contributed by atoms with Gasteiger partial charge in [-0.25, -0.2) is 0 Å². The lowest BCUT2D eigenvalue weighted by Crippen LogP contribution is -2.42. The van der Waals surface area contributed by atoms with Crippen LogP contribution in [0.2, 0.25) is 10.0 Å². The summed E-state index contributed by atoms with van der Waals surface area (Å²) >= 11 is 12.2. The van der Waals surface area contributed by atoms with Gasteiger partial charge in [-0.05, 0) is 29.8 Å². The van der Waals surface area contributed by atoms with Gasteiger partial charge in [-0.2, -0.15) is 0 Å². The lowest BCUT2D eigenvalue weighted by Gasteiger charge is -2.33. The highest BCUT2D eigenvalue weighted by molar-refractivity contribution is 6.32. The molecule has 0 aliphatic carbocycles. The molecule has 1 amide bonds. The Balaban J connectivity index is 1.54. The van der Waals surface area contributed by atoms with E-state index in [1.165, 1.54) is 0 Å². The summed E-state index contributed by atoms with van der Waals surface area (Å²) in [6.07, 6.45) is -0.183. The quantitative estimate of drug-likeness (QED) is 0.773. The van der Waals surface area contributed by atoms with Gasteiger partial charge < -0.3 is 19.1 Å². The molecule has 5 nitrogen and oxygen atoms in total. The normalized spacial score (nSPS) is 19.3. The summed E-state index contributed by atoms with van der Waals surface area (Å²) in [5.41, 5.74) is 1.48. The second kappa shape index (κ2) is 7.35. The summed E-state index contributed by atoms with van der Waals surface area (Å²) in [6, 6.07) is 10.8. The number of carbonyl (C=O) groups is 1. The van der Waals surface area contributed by atoms with E-state index in [2.05, 4.69) is 0 Å². The van der Waals surface area contributed by atoms with Crippen molar-refractivity contribution in [3.63, 3.8) is 0 Å². The van der Waals surface area contributed by atoms with Crippen LogP contribution in [0.25, 0.3) is 0 Å². The van der Waals surface area contributed by atoms with Crippen LogP contribution in [0.5, 0.6) is 11.5 Å². The van der Waals surface area contributed by atoms with Gasteiger partial charge in [-0.15, -0.1) is 0 Å². The predicted molar refractivity (Wildman–Crippen MR) is 98.5 cm³/mol. The summed E-state index contributed by atoms with van der Waals surface area (Å²) in [7, 11) is 0. The van der Waals surface area contributed by atoms with Crippen molar-refractivity contribution in [3.05, 3.63) is 57.6 Å². The number of amides is 1. The van der Waals surface area contributed by atoms with Crippen molar-refractivity contribution in [3.8, 4) is 11.5 Å². The zero-order valence-electron chi connectivity index (χ0n) is 13.9. The molecule has 26 heavy (non-hydrogen) atoms. The van der Waals surface area contributed by atoms with Crippen molar-refractivity contribution in [2.75, 3.05) is 32.9 Å². The molecular weight excluding hydrogens is 377 g/mol. The largest absolute Gasteiger partial charge is 0.486 e. The molecule has 1 saturated heterocycles. The van der Waals surface area contributed by atoms with Gasteiger partial charge in [0.1, 0.15) is 19.3 Å². The first-order valence-corrected chi connectivity index (χ1v) is 9.13. The Morgan fingerprint density at radius 3 is 2.62 bits per heavy atom. The second-order valence-corrected chi connectivity index (χ2v) is 6.99. The van der Waals surface area contributed by atoms with E-state index >= 15 is 0 Å². The van der Waals surface area contributed by atoms with Crippen LogP contribution in [-0.4, -0.2) is 43.7 Å². The minimum atomic E-state index is -0.183. The number of hydrogen-bond donors (Lipinski definition) is 0. The van der Waals surface area contributed by atoms with Gasteiger partial charge in [0.05, 0.1) is 18.2 Å². The molecule has 136 valence electrons. The van der Waals surface area contributed by atoms with Gasteiger partial charge in [0.25, 0.3) is 5.91 Å². The van der Waals surface area contributed by atoms with Gasteiger partial charge in [0, 0.05) is 17.1 Å². The van der Waals surface area contributed by atoms with E-state index < -0.39 is 0 Å². The number of hydrogen-bond acceptors (Lipinski definition) is 4. The highest BCUT2D eigenvalue weighted by atomic mass is 35.5. The fourth-order valence-corrected chi connectivity index (χ4v) is 3.52. The Morgan fingerprint density at radius 2 is 1.81 bits per heavy atom. The zero-order chi connectivity index (χ0) is 18.1. The maximum absolute atomic E-state index is 13.0. The molecule has 0 spiro atoms. The summed E-state index contributed by atoms with van der Waals surface area (Å²) < 4.78 is 16.9. The average Bonchev–Trinajstić information content (AvgIpc) is 2.68. The summed E-state index contributed by atoms with van der Waals surface area (Å²) in [6.45, 7) is 2.35. The van der Waals surface area contributed by atoms with Crippen molar-refractivity contribution in [2.24, 2.45) is 0 Å². The predicted octanol–water partition coefficient (Wildman–Crippen LogP) is 3.98. The molecule has 1 fully saturated rings. The third-order valence-electron chi connectivity index (χ3n) is 4.44. The van der Waals surface area contributed by atoms with Crippen LogP contribution in [-0.2, 0) is 4.74 Å². The molecule has 1 atom stereocenters. The molecule has 2 aromatic carbocycles. The lowest BCUT2D eigenvalue weighted by atomic mass is 10.1. The molecule has 0 aromatic heterocycles. The highest BCUT2D eigenvalue weighted by Crippen LogP contribution is 2.38. The average molecular weight is 394 g/mol. The lowest BCUT2D eigenvalue weighted by molar-refractivity contribution is -0.0228. The number of ether oxygens (including phenoxy) is 3. The monoisotopic (exact) mass is 393 g/mol. The molecule has 0 radical (unpaired) electrons. The minimum absolute atomic E-state index is 0.105. The first-order valence-electron chi connectivity index (χ1n) is 8.37. The van der Waals surface area contributed by atoms with Crippen LogP contribution < -0.4 is 9.47 Å². The van der Waals surface area contributed by atoms with E-state index in [1.807, 2.05) is 24.3 Å². The summed E-state index contributed by atoms with van der Waals surface area (Å²) in [5.74, 6) is 0.899. The Hall–Kier alpha value is -1.95. The fourth-order valence-electron chi connectivity index (χ4n) is 3.13. The maximum atomic E-state index is 13.0. The van der Waals surface area contributed by atoms with Crippen molar-refractivity contribution in [1.82, 2.24) is 4.90 Å². The van der Waals surface area contributed by atoms with E-state index in [0.29, 0.717) is 60.0 Å². The van der Waals surface area contributed by atoms with E-state index in [4.69, 9.17) is 37.4 Å². The van der Waals surface area contributed by atoms with E-state index in [0.717, 1.165) is 5.56 Å². The van der Waals surface area contributed by atoms with Crippen molar-refractivity contribution >= 4 is 29.1 Å². The molecule has 7 heteroatoms. The number of nitrogens with zero attached hydrogens (tertiary/aromatic N) is 1. The standard InChI is InChI=1S/C19H17Cl2NO4/c20-14-3-1-12(2-4-14)17-11-22(5-6-24-17)19(23)13-9-15(21)18-16(10-13)25-7-8-26-18/h1-4,9-10,17H,5-8,11H2. The second-order valence-electron chi connectivity index (χ2n) is 6.14. The van der Waals surface area contributed by atoms with Gasteiger partial charge in [-0.1, -0.05) is 35.3 Å². The van der Waals surface area contributed by atoms with Crippen LogP contribution in [0.3, 0.4) is 0 Å². The molecule has 2 aromatic rings. The van der Waals surface area contributed by atoms with Gasteiger partial charge >= 0.3 is 0 Å². The molecule has 0 saturated carbocycles. The third kappa shape index (κ3) is 3.47. The Kier molecular flexibility index (Phi) is 4.94. The van der Waals surface area contributed by atoms with E-state index in [9.17, 15) is 4.79 Å². The van der Waals surface area contributed by atoms with Gasteiger partial charge in [-0.3, -0.25) is 4.79 Å². The molecule has 2 aliphatic rings. The van der Waals surface area contributed by atoms with Crippen LogP contribution in [0.15, 0.2) is 36.4 Å². The number of rotatable bonds is 2. The molecule has 0 N–H and O–H groups in total. The number of benzene rings is 2. The van der Waals surface area contributed by atoms with Crippen LogP contribution in [0.1, 0.15) is 22.0 Å². The molecular formula is C19H17Cl2NO4. The SMILES string of the molecule is O=C(c1cc(Cl)c2c(c1)OCCO2)N1CCOC(c2ccc(Cl)cc2)C1. The topological polar surface area (TPSA) is 48.0 Å². The van der Waals surface area contributed by atoms with E-state index in [-0.39, 0.29) is 12.0 Å². The zero-order valence-corrected chi connectivity index (χ0v) is 15.4. The number of fused-ring (bicyclic) bond motifs is 1. The Labute approximate surface area is 161 Å². The number of halogens is 2. The smallest absolute Gasteiger partial charge is 0.254 e. The Morgan fingerprint density at radius 1 is 1.04 bits per heavy atom. The van der Waals surface area contributed by atoms with Crippen molar-refractivity contribution in [1.29, 1.82) is 0 Å². The summed E-state index contributed by atoms with van der Waals surface area (Å²) in [5, 5.41) is 1.05. The summed E-state index contributed by atoms with van der Waals surface area (Å²) in [4.78, 5) is 14.7. The molecule has 2 heterocycles. The minimum Gasteiger partial charge on any atom is -0.486 e. The number of morpholine rings is 1. The molecule has 1 unspecified atom stereocenters. The van der Waals surface area contributed by atoms with Crippen LogP contribution in [0.4, 0.5) is 0 Å². The van der Waals surface area contributed by atoms with Gasteiger partial charge in [0.15, 0.2) is 11.5 Å². The third-order valence-corrected chi connectivity index (χ3v) is 4.97. The van der Waals surface area contributed by atoms with Crippen LogP contribution in [0, 0.1) is 0 Å². The first-order chi connectivity index (χ1) is 12.6. The fraction of sp³-hybridized carbons (Fsp3) is 0.316. The highest BCUT2D eigenvalue weighted by Gasteiger charge is 2.28. The molecule has 2 aliphatic heterocycles. The number of carbonyl (C=O) groups excluding carboxylic acids is 1. The van der Waals surface area contributed by atoms with E-state index in [1.54, 1.807) is 17.0 Å². The molecule has 4 rings (SSSR count). The van der Waals surface area contributed by atoms with Crippen molar-refractivity contribution in [2.45, 2.75) is 6.10 Å². The molecule has 0 bridgehead atoms. The maximum Gasteiger partial charge on any atom is 0.254 e. The van der Waals surface area contributed by atoms with Crippen molar-refractivity contribution < 1.29 is 19.0 Å². The van der Waals surface area contributed by atoms with Crippen LogP contribution >= 0.6 is 23.2 Å².